The van der Waals surface area contributed by atoms with E-state index in [4.69, 9.17) is 16.3 Å². The van der Waals surface area contributed by atoms with Crippen LogP contribution in [-0.4, -0.2) is 18.6 Å². The Kier molecular flexibility index (Phi) is 2.80. The summed E-state index contributed by atoms with van der Waals surface area (Å²) in [5, 5.41) is 0. The van der Waals surface area contributed by atoms with Gasteiger partial charge in [-0.25, -0.2) is 0 Å². The summed E-state index contributed by atoms with van der Waals surface area (Å²) in [6.45, 7) is 3.01. The Morgan fingerprint density at radius 2 is 2.44 bits per heavy atom. The lowest BCUT2D eigenvalue weighted by Gasteiger charge is -2.25. The average Bonchev–Trinajstić information content (AvgIpc) is 1.88. The minimum atomic E-state index is 0.433. The zero-order chi connectivity index (χ0) is 6.69. The van der Waals surface area contributed by atoms with E-state index in [1.807, 2.05) is 0 Å². The summed E-state index contributed by atoms with van der Waals surface area (Å²) in [7, 11) is 0. The molecule has 1 heterocycles. The van der Waals surface area contributed by atoms with E-state index in [2.05, 4.69) is 6.92 Å². The first kappa shape index (κ1) is 7.36. The number of halogens is 1. The highest BCUT2D eigenvalue weighted by Gasteiger charge is 2.17. The van der Waals surface area contributed by atoms with Crippen molar-refractivity contribution in [3.05, 3.63) is 0 Å². The molecule has 1 aliphatic heterocycles. The Morgan fingerprint density at radius 3 is 2.89 bits per heavy atom. The second kappa shape index (κ2) is 3.43. The fourth-order valence-corrected chi connectivity index (χ4v) is 1.51. The molecule has 1 saturated heterocycles. The second-order valence-corrected chi connectivity index (χ2v) is 3.03. The maximum Gasteiger partial charge on any atom is 0.0550 e. The van der Waals surface area contributed by atoms with Gasteiger partial charge in [0, 0.05) is 12.5 Å². The third-order valence-electron chi connectivity index (χ3n) is 1.81. The molecule has 0 N–H and O–H groups in total. The van der Waals surface area contributed by atoms with E-state index in [0.29, 0.717) is 12.0 Å². The predicted octanol–water partition coefficient (Wildman–Crippen LogP) is 2.04. The van der Waals surface area contributed by atoms with Crippen molar-refractivity contribution in [2.75, 3.05) is 12.5 Å². The first-order chi connectivity index (χ1) is 4.33. The summed E-state index contributed by atoms with van der Waals surface area (Å²) in [6.07, 6.45) is 2.72. The molecule has 0 aromatic carbocycles. The standard InChI is InChI=1S/C7H13ClO/c1-6-4-7(5-8)2-3-9-6/h6-7H,2-5H2,1H3. The van der Waals surface area contributed by atoms with Gasteiger partial charge in [0.2, 0.25) is 0 Å². The van der Waals surface area contributed by atoms with Crippen molar-refractivity contribution in [2.24, 2.45) is 5.92 Å². The van der Waals surface area contributed by atoms with Gasteiger partial charge in [-0.15, -0.1) is 11.6 Å². The van der Waals surface area contributed by atoms with E-state index in [9.17, 15) is 0 Å². The molecule has 1 fully saturated rings. The zero-order valence-corrected chi connectivity index (χ0v) is 6.53. The van der Waals surface area contributed by atoms with E-state index >= 15 is 0 Å². The molecule has 2 unspecified atom stereocenters. The van der Waals surface area contributed by atoms with Crippen LogP contribution in [0.4, 0.5) is 0 Å². The molecule has 0 amide bonds. The Morgan fingerprint density at radius 1 is 1.67 bits per heavy atom. The number of rotatable bonds is 1. The number of hydrogen-bond donors (Lipinski definition) is 0. The SMILES string of the molecule is CC1CC(CCl)CCO1. The molecule has 1 aliphatic rings. The average molecular weight is 149 g/mol. The molecule has 0 saturated carbocycles. The summed E-state index contributed by atoms with van der Waals surface area (Å²) in [5.41, 5.74) is 0. The monoisotopic (exact) mass is 148 g/mol. The molecule has 0 radical (unpaired) electrons. The second-order valence-electron chi connectivity index (χ2n) is 2.73. The molecular formula is C7H13ClO. The van der Waals surface area contributed by atoms with Crippen molar-refractivity contribution >= 4 is 11.6 Å². The molecule has 0 spiro atoms. The normalized spacial score (nSPS) is 36.7. The van der Waals surface area contributed by atoms with E-state index in [-0.39, 0.29) is 0 Å². The zero-order valence-electron chi connectivity index (χ0n) is 5.77. The Hall–Kier alpha value is 0.250. The minimum Gasteiger partial charge on any atom is -0.378 e. The maximum absolute atomic E-state index is 5.69. The highest BCUT2D eigenvalue weighted by Crippen LogP contribution is 2.20. The fraction of sp³-hybridized carbons (Fsp3) is 1.00. The third-order valence-corrected chi connectivity index (χ3v) is 2.25. The summed E-state index contributed by atoms with van der Waals surface area (Å²) < 4.78 is 5.35. The molecule has 1 rings (SSSR count). The summed E-state index contributed by atoms with van der Waals surface area (Å²) in [6, 6.07) is 0. The van der Waals surface area contributed by atoms with E-state index < -0.39 is 0 Å². The van der Waals surface area contributed by atoms with Gasteiger partial charge in [-0.1, -0.05) is 0 Å². The van der Waals surface area contributed by atoms with Crippen molar-refractivity contribution in [2.45, 2.75) is 25.9 Å². The van der Waals surface area contributed by atoms with Crippen LogP contribution < -0.4 is 0 Å². The molecule has 54 valence electrons. The van der Waals surface area contributed by atoms with Gasteiger partial charge >= 0.3 is 0 Å². The lowest BCUT2D eigenvalue weighted by Crippen LogP contribution is -2.23. The van der Waals surface area contributed by atoms with E-state index in [1.54, 1.807) is 0 Å². The van der Waals surface area contributed by atoms with Crippen molar-refractivity contribution in [1.82, 2.24) is 0 Å². The summed E-state index contributed by atoms with van der Waals surface area (Å²) in [5.74, 6) is 1.50. The number of alkyl halides is 1. The molecule has 1 nitrogen and oxygen atoms in total. The van der Waals surface area contributed by atoms with Crippen molar-refractivity contribution in [3.8, 4) is 0 Å². The quantitative estimate of drug-likeness (QED) is 0.518. The van der Waals surface area contributed by atoms with Gasteiger partial charge in [0.25, 0.3) is 0 Å². The first-order valence-corrected chi connectivity index (χ1v) is 4.04. The van der Waals surface area contributed by atoms with Crippen molar-refractivity contribution < 1.29 is 4.74 Å². The van der Waals surface area contributed by atoms with Crippen LogP contribution >= 0.6 is 11.6 Å². The molecule has 2 heteroatoms. The van der Waals surface area contributed by atoms with Gasteiger partial charge in [-0.2, -0.15) is 0 Å². The lowest BCUT2D eigenvalue weighted by molar-refractivity contribution is 0.00754. The minimum absolute atomic E-state index is 0.433. The van der Waals surface area contributed by atoms with Gasteiger partial charge in [0.15, 0.2) is 0 Å². The van der Waals surface area contributed by atoms with Gasteiger partial charge in [-0.05, 0) is 25.7 Å². The van der Waals surface area contributed by atoms with Crippen LogP contribution in [0.1, 0.15) is 19.8 Å². The molecule has 9 heavy (non-hydrogen) atoms. The Labute approximate surface area is 61.3 Å². The van der Waals surface area contributed by atoms with Crippen LogP contribution in [0.5, 0.6) is 0 Å². The molecule has 0 aromatic heterocycles. The smallest absolute Gasteiger partial charge is 0.0550 e. The van der Waals surface area contributed by atoms with E-state index in [0.717, 1.165) is 25.3 Å². The third kappa shape index (κ3) is 2.15. The van der Waals surface area contributed by atoms with Crippen LogP contribution in [0.2, 0.25) is 0 Å². The first-order valence-electron chi connectivity index (χ1n) is 3.50. The van der Waals surface area contributed by atoms with Gasteiger partial charge in [0.05, 0.1) is 6.10 Å². The van der Waals surface area contributed by atoms with Crippen molar-refractivity contribution in [1.29, 1.82) is 0 Å². The number of ether oxygens (including phenoxy) is 1. The van der Waals surface area contributed by atoms with Gasteiger partial charge in [-0.3, -0.25) is 0 Å². The van der Waals surface area contributed by atoms with Gasteiger partial charge in [0.1, 0.15) is 0 Å². The van der Waals surface area contributed by atoms with E-state index in [1.165, 1.54) is 0 Å². The molecular weight excluding hydrogens is 136 g/mol. The molecule has 2 atom stereocenters. The Balaban J connectivity index is 2.23. The molecule has 0 bridgehead atoms. The predicted molar refractivity (Wildman–Crippen MR) is 38.9 cm³/mol. The topological polar surface area (TPSA) is 9.23 Å². The molecule has 0 aliphatic carbocycles. The van der Waals surface area contributed by atoms with Crippen LogP contribution in [0.15, 0.2) is 0 Å². The lowest BCUT2D eigenvalue weighted by atomic mass is 9.99. The highest BCUT2D eigenvalue weighted by molar-refractivity contribution is 6.18. The van der Waals surface area contributed by atoms with Gasteiger partial charge < -0.3 is 4.74 Å². The van der Waals surface area contributed by atoms with Crippen molar-refractivity contribution in [3.63, 3.8) is 0 Å². The van der Waals surface area contributed by atoms with Crippen LogP contribution in [0, 0.1) is 5.92 Å². The van der Waals surface area contributed by atoms with Crippen LogP contribution in [0.25, 0.3) is 0 Å². The summed E-state index contributed by atoms with van der Waals surface area (Å²) >= 11 is 5.69. The van der Waals surface area contributed by atoms with Crippen LogP contribution in [-0.2, 0) is 4.74 Å². The maximum atomic E-state index is 5.69. The largest absolute Gasteiger partial charge is 0.378 e. The summed E-state index contributed by atoms with van der Waals surface area (Å²) in [4.78, 5) is 0. The molecule has 0 aromatic rings. The highest BCUT2D eigenvalue weighted by atomic mass is 35.5. The fourth-order valence-electron chi connectivity index (χ4n) is 1.23. The Bertz CT molecular complexity index is 85.0. The number of hydrogen-bond acceptors (Lipinski definition) is 1. The van der Waals surface area contributed by atoms with Crippen LogP contribution in [0.3, 0.4) is 0 Å².